The summed E-state index contributed by atoms with van der Waals surface area (Å²) in [6.07, 6.45) is 4.12. The van der Waals surface area contributed by atoms with Gasteiger partial charge in [-0.2, -0.15) is 10.2 Å². The topological polar surface area (TPSA) is 64.7 Å². The van der Waals surface area contributed by atoms with Gasteiger partial charge in [-0.15, -0.1) is 0 Å². The highest BCUT2D eigenvalue weighted by Crippen LogP contribution is 2.14. The minimum absolute atomic E-state index is 0.0172. The SMILES string of the molecule is Cc1cnn(CCC(=O)Nc2cccc(Cn3nc(C)cc3C)c2)c1. The lowest BCUT2D eigenvalue weighted by molar-refractivity contribution is -0.116. The molecule has 0 aliphatic rings. The molecule has 0 atom stereocenters. The Morgan fingerprint density at radius 1 is 1.20 bits per heavy atom. The monoisotopic (exact) mass is 337 g/mol. The molecule has 2 heterocycles. The van der Waals surface area contributed by atoms with E-state index < -0.39 is 0 Å². The normalized spacial score (nSPS) is 10.8. The third-order valence-electron chi connectivity index (χ3n) is 3.98. The first-order valence-electron chi connectivity index (χ1n) is 8.38. The van der Waals surface area contributed by atoms with Crippen molar-refractivity contribution in [2.24, 2.45) is 0 Å². The van der Waals surface area contributed by atoms with E-state index in [4.69, 9.17) is 0 Å². The zero-order chi connectivity index (χ0) is 17.8. The van der Waals surface area contributed by atoms with Crippen molar-refractivity contribution in [1.29, 1.82) is 0 Å². The fourth-order valence-electron chi connectivity index (χ4n) is 2.78. The number of carbonyl (C=O) groups excluding carboxylic acids is 1. The lowest BCUT2D eigenvalue weighted by Gasteiger charge is -2.09. The predicted molar refractivity (Wildman–Crippen MR) is 97.5 cm³/mol. The fraction of sp³-hybridized carbons (Fsp3) is 0.316. The Bertz CT molecular complexity index is 878. The predicted octanol–water partition coefficient (Wildman–Crippen LogP) is 3.08. The molecule has 1 aromatic carbocycles. The molecule has 0 saturated heterocycles. The van der Waals surface area contributed by atoms with Gasteiger partial charge in [0.05, 0.1) is 18.4 Å². The molecule has 1 amide bonds. The second-order valence-electron chi connectivity index (χ2n) is 6.36. The second-order valence-corrected chi connectivity index (χ2v) is 6.36. The van der Waals surface area contributed by atoms with Gasteiger partial charge >= 0.3 is 0 Å². The molecule has 0 bridgehead atoms. The van der Waals surface area contributed by atoms with Gasteiger partial charge in [-0.1, -0.05) is 12.1 Å². The molecule has 0 radical (unpaired) electrons. The highest BCUT2D eigenvalue weighted by Gasteiger charge is 2.06. The Balaban J connectivity index is 1.59. The van der Waals surface area contributed by atoms with Gasteiger partial charge in [-0.25, -0.2) is 0 Å². The van der Waals surface area contributed by atoms with Gasteiger partial charge < -0.3 is 5.32 Å². The third kappa shape index (κ3) is 4.56. The molecular formula is C19H23N5O. The van der Waals surface area contributed by atoms with E-state index in [9.17, 15) is 4.79 Å². The molecule has 0 aliphatic heterocycles. The maximum atomic E-state index is 12.1. The van der Waals surface area contributed by atoms with Gasteiger partial charge in [0.15, 0.2) is 0 Å². The molecule has 0 aliphatic carbocycles. The van der Waals surface area contributed by atoms with Gasteiger partial charge in [-0.3, -0.25) is 14.2 Å². The first-order valence-corrected chi connectivity index (χ1v) is 8.38. The average molecular weight is 337 g/mol. The minimum Gasteiger partial charge on any atom is -0.326 e. The maximum Gasteiger partial charge on any atom is 0.226 e. The summed E-state index contributed by atoms with van der Waals surface area (Å²) in [7, 11) is 0. The zero-order valence-corrected chi connectivity index (χ0v) is 14.9. The number of carbonyl (C=O) groups is 1. The Hall–Kier alpha value is -2.89. The van der Waals surface area contributed by atoms with Crippen molar-refractivity contribution >= 4 is 11.6 Å². The number of amides is 1. The molecule has 0 fully saturated rings. The summed E-state index contributed by atoms with van der Waals surface area (Å²) in [5.41, 5.74) is 5.14. The summed E-state index contributed by atoms with van der Waals surface area (Å²) in [5, 5.41) is 11.6. The van der Waals surface area contributed by atoms with Crippen LogP contribution in [0.1, 0.15) is 28.9 Å². The molecular weight excluding hydrogens is 314 g/mol. The lowest BCUT2D eigenvalue weighted by Crippen LogP contribution is -2.15. The quantitative estimate of drug-likeness (QED) is 0.752. The van der Waals surface area contributed by atoms with Crippen molar-refractivity contribution in [2.45, 2.75) is 40.3 Å². The van der Waals surface area contributed by atoms with E-state index in [0.29, 0.717) is 19.5 Å². The highest BCUT2D eigenvalue weighted by atomic mass is 16.1. The Labute approximate surface area is 147 Å². The highest BCUT2D eigenvalue weighted by molar-refractivity contribution is 5.90. The summed E-state index contributed by atoms with van der Waals surface area (Å²) in [6, 6.07) is 9.95. The van der Waals surface area contributed by atoms with Crippen LogP contribution in [-0.2, 0) is 17.9 Å². The molecule has 0 saturated carbocycles. The number of benzene rings is 1. The van der Waals surface area contributed by atoms with E-state index in [-0.39, 0.29) is 5.91 Å². The van der Waals surface area contributed by atoms with Gasteiger partial charge in [-0.05, 0) is 50.1 Å². The van der Waals surface area contributed by atoms with E-state index in [1.165, 1.54) is 0 Å². The van der Waals surface area contributed by atoms with Crippen molar-refractivity contribution in [3.63, 3.8) is 0 Å². The summed E-state index contributed by atoms with van der Waals surface area (Å²) >= 11 is 0. The van der Waals surface area contributed by atoms with Crippen molar-refractivity contribution < 1.29 is 4.79 Å². The van der Waals surface area contributed by atoms with Crippen molar-refractivity contribution in [3.05, 3.63) is 65.2 Å². The van der Waals surface area contributed by atoms with Gasteiger partial charge in [0.25, 0.3) is 0 Å². The molecule has 3 rings (SSSR count). The summed E-state index contributed by atoms with van der Waals surface area (Å²) in [4.78, 5) is 12.1. The Kier molecular flexibility index (Phi) is 4.97. The van der Waals surface area contributed by atoms with E-state index in [1.807, 2.05) is 55.9 Å². The average Bonchev–Trinajstić information content (AvgIpc) is 3.11. The molecule has 130 valence electrons. The van der Waals surface area contributed by atoms with Gasteiger partial charge in [0.2, 0.25) is 5.91 Å². The summed E-state index contributed by atoms with van der Waals surface area (Å²) in [6.45, 7) is 7.28. The van der Waals surface area contributed by atoms with Crippen LogP contribution in [0.2, 0.25) is 0 Å². The number of anilines is 1. The van der Waals surface area contributed by atoms with Crippen molar-refractivity contribution in [2.75, 3.05) is 5.32 Å². The zero-order valence-electron chi connectivity index (χ0n) is 14.9. The van der Waals surface area contributed by atoms with Crippen LogP contribution in [0.3, 0.4) is 0 Å². The largest absolute Gasteiger partial charge is 0.326 e. The molecule has 3 aromatic rings. The molecule has 25 heavy (non-hydrogen) atoms. The Morgan fingerprint density at radius 3 is 2.72 bits per heavy atom. The molecule has 6 heteroatoms. The standard InChI is InChI=1S/C19H23N5O/c1-14-11-20-23(12-14)8-7-19(25)21-18-6-4-5-17(10-18)13-24-16(3)9-15(2)22-24/h4-6,9-12H,7-8,13H2,1-3H3,(H,21,25). The Morgan fingerprint density at radius 2 is 2.04 bits per heavy atom. The van der Waals surface area contributed by atoms with Crippen molar-refractivity contribution in [1.82, 2.24) is 19.6 Å². The maximum absolute atomic E-state index is 12.1. The number of hydrogen-bond donors (Lipinski definition) is 1. The molecule has 1 N–H and O–H groups in total. The van der Waals surface area contributed by atoms with E-state index in [1.54, 1.807) is 10.9 Å². The number of nitrogens with zero attached hydrogens (tertiary/aromatic N) is 4. The van der Waals surface area contributed by atoms with Crippen LogP contribution in [0.4, 0.5) is 5.69 Å². The van der Waals surface area contributed by atoms with Crippen LogP contribution >= 0.6 is 0 Å². The molecule has 6 nitrogen and oxygen atoms in total. The van der Waals surface area contributed by atoms with Crippen LogP contribution < -0.4 is 5.32 Å². The van der Waals surface area contributed by atoms with Crippen LogP contribution in [0.15, 0.2) is 42.7 Å². The van der Waals surface area contributed by atoms with Crippen LogP contribution in [0.25, 0.3) is 0 Å². The lowest BCUT2D eigenvalue weighted by atomic mass is 10.2. The van der Waals surface area contributed by atoms with Crippen molar-refractivity contribution in [3.8, 4) is 0 Å². The van der Waals surface area contributed by atoms with Crippen LogP contribution in [0.5, 0.6) is 0 Å². The number of rotatable bonds is 6. The summed E-state index contributed by atoms with van der Waals surface area (Å²) < 4.78 is 3.75. The second kappa shape index (κ2) is 7.34. The summed E-state index contributed by atoms with van der Waals surface area (Å²) in [5.74, 6) is -0.0172. The number of aryl methyl sites for hydroxylation is 4. The van der Waals surface area contributed by atoms with E-state index in [0.717, 1.165) is 28.2 Å². The first kappa shape index (κ1) is 17.0. The van der Waals surface area contributed by atoms with E-state index >= 15 is 0 Å². The first-order chi connectivity index (χ1) is 12.0. The smallest absolute Gasteiger partial charge is 0.226 e. The fourth-order valence-corrected chi connectivity index (χ4v) is 2.78. The molecule has 0 spiro atoms. The third-order valence-corrected chi connectivity index (χ3v) is 3.98. The number of hydrogen-bond acceptors (Lipinski definition) is 3. The number of aromatic nitrogens is 4. The van der Waals surface area contributed by atoms with Gasteiger partial charge in [0.1, 0.15) is 0 Å². The molecule has 2 aromatic heterocycles. The minimum atomic E-state index is -0.0172. The number of nitrogens with one attached hydrogen (secondary N) is 1. The van der Waals surface area contributed by atoms with Crippen LogP contribution in [0, 0.1) is 20.8 Å². The molecule has 0 unspecified atom stereocenters. The van der Waals surface area contributed by atoms with Crippen LogP contribution in [-0.4, -0.2) is 25.5 Å². The van der Waals surface area contributed by atoms with E-state index in [2.05, 4.69) is 21.6 Å². The van der Waals surface area contributed by atoms with Gasteiger partial charge in [0, 0.05) is 30.5 Å².